The van der Waals surface area contributed by atoms with Gasteiger partial charge in [0.2, 0.25) is 0 Å². The Bertz CT molecular complexity index is 397. The highest BCUT2D eigenvalue weighted by Crippen LogP contribution is 2.38. The van der Waals surface area contributed by atoms with Crippen LogP contribution in [0.3, 0.4) is 0 Å². The van der Waals surface area contributed by atoms with Crippen LogP contribution in [-0.4, -0.2) is 11.6 Å². The van der Waals surface area contributed by atoms with Crippen molar-refractivity contribution < 1.29 is 31.1 Å². The first-order chi connectivity index (χ1) is 7.66. The van der Waals surface area contributed by atoms with Gasteiger partial charge < -0.3 is 4.74 Å². The first-order valence-corrected chi connectivity index (χ1v) is 4.43. The molecule has 96 valence electrons. The summed E-state index contributed by atoms with van der Waals surface area (Å²) in [4.78, 5) is 2.73. The Morgan fingerprint density at radius 1 is 1.12 bits per heavy atom. The Morgan fingerprint density at radius 3 is 2.12 bits per heavy atom. The van der Waals surface area contributed by atoms with E-state index in [1.165, 1.54) is 6.92 Å². The molecule has 0 amide bonds. The SMILES string of the molecule is CCOc1cc(C(F)(F)F)ncc1C(F)(F)F. The topological polar surface area (TPSA) is 22.1 Å². The maximum absolute atomic E-state index is 12.4. The van der Waals surface area contributed by atoms with Gasteiger partial charge in [-0.2, -0.15) is 26.3 Å². The molecule has 1 aromatic heterocycles. The molecule has 0 spiro atoms. The summed E-state index contributed by atoms with van der Waals surface area (Å²) in [5.41, 5.74) is -2.75. The van der Waals surface area contributed by atoms with Gasteiger partial charge in [0, 0.05) is 12.3 Å². The van der Waals surface area contributed by atoms with Crippen molar-refractivity contribution in [1.29, 1.82) is 0 Å². The van der Waals surface area contributed by atoms with Crippen LogP contribution in [0.1, 0.15) is 18.2 Å². The monoisotopic (exact) mass is 259 g/mol. The van der Waals surface area contributed by atoms with Crippen molar-refractivity contribution in [1.82, 2.24) is 4.98 Å². The molecular formula is C9H7F6NO. The molecule has 0 bridgehead atoms. The molecule has 0 saturated carbocycles. The van der Waals surface area contributed by atoms with Crippen LogP contribution in [0.2, 0.25) is 0 Å². The van der Waals surface area contributed by atoms with Crippen LogP contribution in [0.4, 0.5) is 26.3 Å². The van der Waals surface area contributed by atoms with Crippen LogP contribution < -0.4 is 4.74 Å². The van der Waals surface area contributed by atoms with Gasteiger partial charge in [0.25, 0.3) is 0 Å². The van der Waals surface area contributed by atoms with Gasteiger partial charge in [-0.1, -0.05) is 0 Å². The minimum Gasteiger partial charge on any atom is -0.493 e. The Balaban J connectivity index is 3.27. The van der Waals surface area contributed by atoms with Crippen molar-refractivity contribution in [3.63, 3.8) is 0 Å². The zero-order valence-electron chi connectivity index (χ0n) is 8.49. The van der Waals surface area contributed by atoms with E-state index in [1.807, 2.05) is 0 Å². The van der Waals surface area contributed by atoms with Crippen molar-refractivity contribution in [2.75, 3.05) is 6.61 Å². The van der Waals surface area contributed by atoms with Gasteiger partial charge in [0.15, 0.2) is 0 Å². The summed E-state index contributed by atoms with van der Waals surface area (Å²) < 4.78 is 78.4. The van der Waals surface area contributed by atoms with Crippen LogP contribution in [0.5, 0.6) is 5.75 Å². The highest BCUT2D eigenvalue weighted by molar-refractivity contribution is 5.36. The van der Waals surface area contributed by atoms with Crippen LogP contribution in [0, 0.1) is 0 Å². The molecule has 1 aromatic rings. The predicted molar refractivity (Wildman–Crippen MR) is 45.4 cm³/mol. The van der Waals surface area contributed by atoms with Gasteiger partial charge in [-0.15, -0.1) is 0 Å². The normalized spacial score (nSPS) is 12.6. The van der Waals surface area contributed by atoms with E-state index < -0.39 is 29.4 Å². The Morgan fingerprint density at radius 2 is 1.71 bits per heavy atom. The zero-order valence-corrected chi connectivity index (χ0v) is 8.49. The van der Waals surface area contributed by atoms with Gasteiger partial charge >= 0.3 is 12.4 Å². The molecule has 0 aliphatic heterocycles. The lowest BCUT2D eigenvalue weighted by molar-refractivity contribution is -0.145. The van der Waals surface area contributed by atoms with Crippen molar-refractivity contribution in [3.8, 4) is 5.75 Å². The number of halogens is 6. The fraction of sp³-hybridized carbons (Fsp3) is 0.444. The molecule has 2 nitrogen and oxygen atoms in total. The Kier molecular flexibility index (Phi) is 3.53. The lowest BCUT2D eigenvalue weighted by Gasteiger charge is -2.14. The van der Waals surface area contributed by atoms with Crippen molar-refractivity contribution in [2.45, 2.75) is 19.3 Å². The van der Waals surface area contributed by atoms with Gasteiger partial charge in [0.1, 0.15) is 17.0 Å². The minimum absolute atomic E-state index is 0.119. The van der Waals surface area contributed by atoms with E-state index in [1.54, 1.807) is 0 Å². The van der Waals surface area contributed by atoms with Crippen molar-refractivity contribution in [2.24, 2.45) is 0 Å². The third-order valence-electron chi connectivity index (χ3n) is 1.76. The number of ether oxygens (including phenoxy) is 1. The Labute approximate surface area is 92.2 Å². The molecule has 0 radical (unpaired) electrons. The van der Waals surface area contributed by atoms with E-state index in [4.69, 9.17) is 0 Å². The zero-order chi connectivity index (χ0) is 13.3. The number of hydrogen-bond donors (Lipinski definition) is 0. The van der Waals surface area contributed by atoms with Gasteiger partial charge in [0.05, 0.1) is 6.61 Å². The molecular weight excluding hydrogens is 252 g/mol. The summed E-state index contributed by atoms with van der Waals surface area (Å²) in [7, 11) is 0. The molecule has 1 heterocycles. The molecule has 0 aliphatic carbocycles. The van der Waals surface area contributed by atoms with E-state index in [0.717, 1.165) is 0 Å². The third kappa shape index (κ3) is 3.24. The quantitative estimate of drug-likeness (QED) is 0.758. The van der Waals surface area contributed by atoms with E-state index in [-0.39, 0.29) is 18.9 Å². The van der Waals surface area contributed by atoms with Crippen LogP contribution in [0.15, 0.2) is 12.3 Å². The van der Waals surface area contributed by atoms with Crippen LogP contribution in [-0.2, 0) is 12.4 Å². The standard InChI is InChI=1S/C9H7F6NO/c1-2-17-6-3-7(9(13,14)15)16-4-5(6)8(10,11)12/h3-4H,2H2,1H3. The highest BCUT2D eigenvalue weighted by atomic mass is 19.4. The Hall–Kier alpha value is -1.47. The molecule has 0 fully saturated rings. The fourth-order valence-electron chi connectivity index (χ4n) is 1.08. The molecule has 0 atom stereocenters. The van der Waals surface area contributed by atoms with E-state index >= 15 is 0 Å². The average molecular weight is 259 g/mol. The summed E-state index contributed by atoms with van der Waals surface area (Å²) in [5, 5.41) is 0. The lowest BCUT2D eigenvalue weighted by Crippen LogP contribution is -2.14. The van der Waals surface area contributed by atoms with Gasteiger partial charge in [-0.3, -0.25) is 4.98 Å². The van der Waals surface area contributed by atoms with Crippen molar-refractivity contribution >= 4 is 0 Å². The number of hydrogen-bond acceptors (Lipinski definition) is 2. The van der Waals surface area contributed by atoms with Crippen LogP contribution >= 0.6 is 0 Å². The van der Waals surface area contributed by atoms with Crippen molar-refractivity contribution in [3.05, 3.63) is 23.5 Å². The number of alkyl halides is 6. The molecule has 0 unspecified atom stereocenters. The van der Waals surface area contributed by atoms with Gasteiger partial charge in [-0.25, -0.2) is 0 Å². The molecule has 0 aliphatic rings. The average Bonchev–Trinajstić information content (AvgIpc) is 2.15. The first kappa shape index (κ1) is 13.6. The maximum Gasteiger partial charge on any atom is 0.433 e. The van der Waals surface area contributed by atoms with E-state index in [0.29, 0.717) is 0 Å². The summed E-state index contributed by atoms with van der Waals surface area (Å²) in [6.07, 6.45) is -9.49. The first-order valence-electron chi connectivity index (χ1n) is 4.43. The second kappa shape index (κ2) is 4.42. The number of pyridine rings is 1. The number of aromatic nitrogens is 1. The predicted octanol–water partition coefficient (Wildman–Crippen LogP) is 3.52. The number of nitrogens with zero attached hydrogens (tertiary/aromatic N) is 1. The van der Waals surface area contributed by atoms with E-state index in [9.17, 15) is 26.3 Å². The second-order valence-electron chi connectivity index (χ2n) is 2.99. The molecule has 0 aromatic carbocycles. The maximum atomic E-state index is 12.4. The summed E-state index contributed by atoms with van der Waals surface area (Å²) >= 11 is 0. The summed E-state index contributed by atoms with van der Waals surface area (Å²) in [6.45, 7) is 1.19. The number of rotatable bonds is 2. The molecule has 1 rings (SSSR count). The molecule has 17 heavy (non-hydrogen) atoms. The molecule has 8 heteroatoms. The molecule has 0 saturated heterocycles. The molecule has 0 N–H and O–H groups in total. The van der Waals surface area contributed by atoms with Crippen LogP contribution in [0.25, 0.3) is 0 Å². The summed E-state index contributed by atoms with van der Waals surface area (Å²) in [5.74, 6) is -0.873. The highest BCUT2D eigenvalue weighted by Gasteiger charge is 2.39. The lowest BCUT2D eigenvalue weighted by atomic mass is 10.2. The smallest absolute Gasteiger partial charge is 0.433 e. The second-order valence-corrected chi connectivity index (χ2v) is 2.99. The largest absolute Gasteiger partial charge is 0.493 e. The fourth-order valence-corrected chi connectivity index (χ4v) is 1.08. The summed E-state index contributed by atoms with van der Waals surface area (Å²) in [6, 6.07) is 0.242. The third-order valence-corrected chi connectivity index (χ3v) is 1.76. The minimum atomic E-state index is -4.81. The van der Waals surface area contributed by atoms with E-state index in [2.05, 4.69) is 9.72 Å². The van der Waals surface area contributed by atoms with Gasteiger partial charge in [-0.05, 0) is 6.92 Å².